The van der Waals surface area contributed by atoms with Crippen molar-refractivity contribution in [3.8, 4) is 23.6 Å². The molecule has 0 aromatic heterocycles. The molecule has 0 amide bonds. The Morgan fingerprint density at radius 2 is 1.50 bits per heavy atom. The first-order chi connectivity index (χ1) is 20.4. The molecular weight excluding hydrogens is 548 g/mol. The molecular formula is C35H33ClN2O4. The molecule has 3 aromatic carbocycles. The summed E-state index contributed by atoms with van der Waals surface area (Å²) in [5.74, 6) is 0.695. The maximum atomic E-state index is 12.8. The van der Waals surface area contributed by atoms with E-state index >= 15 is 0 Å². The van der Waals surface area contributed by atoms with Gasteiger partial charge in [-0.1, -0.05) is 68.5 Å². The monoisotopic (exact) mass is 580 g/mol. The minimum atomic E-state index is -0.679. The maximum Gasteiger partial charge on any atom is 0.345 e. The summed E-state index contributed by atoms with van der Waals surface area (Å²) < 4.78 is 10.9. The van der Waals surface area contributed by atoms with E-state index in [0.717, 1.165) is 5.92 Å². The number of nitriles is 2. The van der Waals surface area contributed by atoms with Gasteiger partial charge >= 0.3 is 11.9 Å². The third-order valence-corrected chi connectivity index (χ3v) is 8.01. The molecule has 1 fully saturated rings. The minimum Gasteiger partial charge on any atom is -0.423 e. The zero-order valence-corrected chi connectivity index (χ0v) is 24.4. The molecule has 0 heterocycles. The Morgan fingerprint density at radius 1 is 0.857 bits per heavy atom. The van der Waals surface area contributed by atoms with Crippen LogP contribution in [0.5, 0.6) is 11.5 Å². The molecule has 0 unspecified atom stereocenters. The fraction of sp³-hybridized carbons (Fsp3) is 0.314. The van der Waals surface area contributed by atoms with Crippen LogP contribution in [-0.2, 0) is 0 Å². The highest BCUT2D eigenvalue weighted by Gasteiger charge is 2.22. The highest BCUT2D eigenvalue weighted by atomic mass is 35.5. The van der Waals surface area contributed by atoms with Gasteiger partial charge in [-0.15, -0.1) is 0 Å². The topological polar surface area (TPSA) is 100 Å². The van der Waals surface area contributed by atoms with Crippen LogP contribution in [0.1, 0.15) is 96.1 Å². The van der Waals surface area contributed by atoms with Crippen LogP contribution in [0.4, 0.5) is 0 Å². The standard InChI is InChI=1S/C35H33ClN2O4/c1-2-3-4-5-24-6-10-27(11-7-24)28-12-14-29(15-13-28)34(39)42-31-18-19-32(33(36)21-31)35(40)41-30-16-8-25(9-17-30)20-26(22-37)23-38/h8-9,12-21,24,27H,2-7,10-11H2,1H3. The lowest BCUT2D eigenvalue weighted by Crippen LogP contribution is -2.14. The second-order valence-electron chi connectivity index (χ2n) is 10.6. The zero-order valence-electron chi connectivity index (χ0n) is 23.6. The molecule has 0 N–H and O–H groups in total. The summed E-state index contributed by atoms with van der Waals surface area (Å²) >= 11 is 6.33. The number of halogens is 1. The summed E-state index contributed by atoms with van der Waals surface area (Å²) in [4.78, 5) is 25.4. The molecule has 7 heteroatoms. The van der Waals surface area contributed by atoms with E-state index in [0.29, 0.717) is 17.0 Å². The van der Waals surface area contributed by atoms with Crippen molar-refractivity contribution in [1.29, 1.82) is 10.5 Å². The molecule has 0 radical (unpaired) electrons. The quantitative estimate of drug-likeness (QED) is 0.103. The van der Waals surface area contributed by atoms with E-state index in [9.17, 15) is 9.59 Å². The molecule has 6 nitrogen and oxygen atoms in total. The number of unbranched alkanes of at least 4 members (excludes halogenated alkanes) is 2. The lowest BCUT2D eigenvalue weighted by molar-refractivity contribution is 0.0730. The highest BCUT2D eigenvalue weighted by Crippen LogP contribution is 2.38. The number of nitrogens with zero attached hydrogens (tertiary/aromatic N) is 2. The molecule has 0 saturated heterocycles. The van der Waals surface area contributed by atoms with Crippen LogP contribution in [0.15, 0.2) is 72.3 Å². The SMILES string of the molecule is CCCCCC1CCC(c2ccc(C(=O)Oc3ccc(C(=O)Oc4ccc(C=C(C#N)C#N)cc4)c(Cl)c3)cc2)CC1. The van der Waals surface area contributed by atoms with Gasteiger partial charge in [0.05, 0.1) is 16.1 Å². The number of hydrogen-bond donors (Lipinski definition) is 0. The number of hydrogen-bond acceptors (Lipinski definition) is 6. The van der Waals surface area contributed by atoms with Crippen molar-refractivity contribution in [1.82, 2.24) is 0 Å². The second kappa shape index (κ2) is 15.0. The number of benzene rings is 3. The van der Waals surface area contributed by atoms with Crippen molar-refractivity contribution in [2.75, 3.05) is 0 Å². The molecule has 1 aliphatic carbocycles. The van der Waals surface area contributed by atoms with E-state index in [1.54, 1.807) is 48.5 Å². The minimum absolute atomic E-state index is 0.0325. The number of ether oxygens (including phenoxy) is 2. The van der Waals surface area contributed by atoms with Crippen molar-refractivity contribution >= 4 is 29.6 Å². The van der Waals surface area contributed by atoms with Crippen LogP contribution in [0.2, 0.25) is 5.02 Å². The fourth-order valence-corrected chi connectivity index (χ4v) is 5.55. The Labute approximate surface area is 252 Å². The van der Waals surface area contributed by atoms with Crippen LogP contribution in [0.3, 0.4) is 0 Å². The van der Waals surface area contributed by atoms with E-state index in [4.69, 9.17) is 31.6 Å². The molecule has 214 valence electrons. The van der Waals surface area contributed by atoms with Gasteiger partial charge in [-0.3, -0.25) is 0 Å². The molecule has 0 spiro atoms. The summed E-state index contributed by atoms with van der Waals surface area (Å²) in [6.07, 6.45) is 11.7. The lowest BCUT2D eigenvalue weighted by atomic mass is 9.77. The predicted octanol–water partition coefficient (Wildman–Crippen LogP) is 9.06. The van der Waals surface area contributed by atoms with Gasteiger partial charge in [0.2, 0.25) is 0 Å². The molecule has 1 saturated carbocycles. The summed E-state index contributed by atoms with van der Waals surface area (Å²) in [5, 5.41) is 17.8. The van der Waals surface area contributed by atoms with Crippen LogP contribution in [-0.4, -0.2) is 11.9 Å². The third kappa shape index (κ3) is 8.32. The smallest absolute Gasteiger partial charge is 0.345 e. The van der Waals surface area contributed by atoms with E-state index in [-0.39, 0.29) is 27.7 Å². The lowest BCUT2D eigenvalue weighted by Gasteiger charge is -2.29. The maximum absolute atomic E-state index is 12.8. The Balaban J connectivity index is 1.31. The molecule has 42 heavy (non-hydrogen) atoms. The molecule has 0 atom stereocenters. The molecule has 4 rings (SSSR count). The summed E-state index contributed by atoms with van der Waals surface area (Å²) in [7, 11) is 0. The fourth-order valence-electron chi connectivity index (χ4n) is 5.30. The average Bonchev–Trinajstić information content (AvgIpc) is 3.01. The Hall–Kier alpha value is -4.39. The Bertz CT molecular complexity index is 1490. The van der Waals surface area contributed by atoms with E-state index in [1.807, 2.05) is 12.1 Å². The summed E-state index contributed by atoms with van der Waals surface area (Å²) in [5.41, 5.74) is 2.41. The van der Waals surface area contributed by atoms with Gasteiger partial charge < -0.3 is 9.47 Å². The van der Waals surface area contributed by atoms with Crippen LogP contribution < -0.4 is 9.47 Å². The van der Waals surface area contributed by atoms with Gasteiger partial charge in [0, 0.05) is 6.07 Å². The van der Waals surface area contributed by atoms with Gasteiger partial charge in [-0.2, -0.15) is 10.5 Å². The van der Waals surface area contributed by atoms with Gasteiger partial charge in [0.25, 0.3) is 0 Å². The Morgan fingerprint density at radius 3 is 2.12 bits per heavy atom. The van der Waals surface area contributed by atoms with Crippen molar-refractivity contribution in [3.05, 3.63) is 99.6 Å². The first kappa shape index (κ1) is 30.6. The van der Waals surface area contributed by atoms with E-state index in [1.165, 1.54) is 81.2 Å². The van der Waals surface area contributed by atoms with Crippen molar-refractivity contribution in [2.45, 2.75) is 64.2 Å². The van der Waals surface area contributed by atoms with Crippen molar-refractivity contribution in [2.24, 2.45) is 5.92 Å². The number of esters is 2. The van der Waals surface area contributed by atoms with Gasteiger partial charge in [-0.25, -0.2) is 9.59 Å². The number of rotatable bonds is 10. The largest absolute Gasteiger partial charge is 0.423 e. The average molecular weight is 581 g/mol. The molecule has 3 aromatic rings. The zero-order chi connectivity index (χ0) is 29.9. The highest BCUT2D eigenvalue weighted by molar-refractivity contribution is 6.33. The Kier molecular flexibility index (Phi) is 10.9. The third-order valence-electron chi connectivity index (χ3n) is 7.69. The molecule has 0 aliphatic heterocycles. The van der Waals surface area contributed by atoms with Crippen molar-refractivity contribution in [3.63, 3.8) is 0 Å². The van der Waals surface area contributed by atoms with Crippen molar-refractivity contribution < 1.29 is 19.1 Å². The van der Waals surface area contributed by atoms with Gasteiger partial charge in [0.1, 0.15) is 29.2 Å². The molecule has 1 aliphatic rings. The van der Waals surface area contributed by atoms with Gasteiger partial charge in [0.15, 0.2) is 0 Å². The van der Waals surface area contributed by atoms with E-state index < -0.39 is 11.9 Å². The number of allylic oxidation sites excluding steroid dienone is 1. The van der Waals surface area contributed by atoms with E-state index in [2.05, 4.69) is 6.92 Å². The van der Waals surface area contributed by atoms with Crippen LogP contribution in [0.25, 0.3) is 6.08 Å². The number of carbonyl (C=O) groups is 2. The van der Waals surface area contributed by atoms with Crippen LogP contribution in [0, 0.1) is 28.6 Å². The summed E-state index contributed by atoms with van der Waals surface area (Å²) in [6.45, 7) is 2.25. The normalized spacial score (nSPS) is 16.0. The van der Waals surface area contributed by atoms with Crippen LogP contribution >= 0.6 is 11.6 Å². The second-order valence-corrected chi connectivity index (χ2v) is 11.0. The molecule has 0 bridgehead atoms. The first-order valence-electron chi connectivity index (χ1n) is 14.4. The first-order valence-corrected chi connectivity index (χ1v) is 14.7. The number of carbonyl (C=O) groups excluding carboxylic acids is 2. The van der Waals surface area contributed by atoms with Gasteiger partial charge in [-0.05, 0) is 91.1 Å². The predicted molar refractivity (Wildman–Crippen MR) is 162 cm³/mol. The summed E-state index contributed by atoms with van der Waals surface area (Å²) in [6, 6.07) is 21.9.